The predicted molar refractivity (Wildman–Crippen MR) is 59.9 cm³/mol. The lowest BCUT2D eigenvalue weighted by atomic mass is 9.98. The fourth-order valence-electron chi connectivity index (χ4n) is 1.95. The van der Waals surface area contributed by atoms with E-state index in [0.29, 0.717) is 24.5 Å². The van der Waals surface area contributed by atoms with E-state index in [1.807, 2.05) is 18.2 Å². The van der Waals surface area contributed by atoms with Crippen LogP contribution in [0.5, 0.6) is 11.5 Å². The van der Waals surface area contributed by atoms with Gasteiger partial charge in [0.25, 0.3) is 0 Å². The number of methoxy groups -OCH3 is 2. The number of hydrogen-bond donors (Lipinski definition) is 1. The molecule has 1 aliphatic rings. The first kappa shape index (κ1) is 10.8. The zero-order chi connectivity index (χ0) is 11.5. The Morgan fingerprint density at radius 3 is 2.56 bits per heavy atom. The number of ether oxygens (including phenoxy) is 2. The first-order valence-corrected chi connectivity index (χ1v) is 5.23. The fraction of sp³-hybridized carbons (Fsp3) is 0.417. The quantitative estimate of drug-likeness (QED) is 0.837. The maximum atomic E-state index is 11.1. The van der Waals surface area contributed by atoms with Gasteiger partial charge in [0.2, 0.25) is 5.91 Å². The molecule has 1 saturated heterocycles. The second-order valence-electron chi connectivity index (χ2n) is 3.82. The Morgan fingerprint density at radius 2 is 2.00 bits per heavy atom. The van der Waals surface area contributed by atoms with E-state index in [1.165, 1.54) is 0 Å². The van der Waals surface area contributed by atoms with E-state index >= 15 is 0 Å². The van der Waals surface area contributed by atoms with E-state index in [0.717, 1.165) is 5.56 Å². The van der Waals surface area contributed by atoms with Crippen LogP contribution in [0.1, 0.15) is 17.9 Å². The largest absolute Gasteiger partial charge is 0.493 e. The van der Waals surface area contributed by atoms with Crippen LogP contribution in [-0.4, -0.2) is 26.7 Å². The van der Waals surface area contributed by atoms with E-state index in [-0.39, 0.29) is 11.8 Å². The summed E-state index contributed by atoms with van der Waals surface area (Å²) in [6.45, 7) is 0.703. The molecule has 2 rings (SSSR count). The van der Waals surface area contributed by atoms with E-state index in [4.69, 9.17) is 9.47 Å². The van der Waals surface area contributed by atoms with E-state index < -0.39 is 0 Å². The molecule has 1 aromatic carbocycles. The molecular weight excluding hydrogens is 206 g/mol. The van der Waals surface area contributed by atoms with Gasteiger partial charge >= 0.3 is 0 Å². The van der Waals surface area contributed by atoms with Crippen LogP contribution in [0.2, 0.25) is 0 Å². The zero-order valence-corrected chi connectivity index (χ0v) is 9.45. The van der Waals surface area contributed by atoms with Gasteiger partial charge < -0.3 is 14.8 Å². The molecule has 0 aliphatic carbocycles. The lowest BCUT2D eigenvalue weighted by molar-refractivity contribution is -0.119. The first-order valence-electron chi connectivity index (χ1n) is 5.23. The highest BCUT2D eigenvalue weighted by Gasteiger charge is 2.23. The Hall–Kier alpha value is -1.71. The maximum Gasteiger partial charge on any atom is 0.220 e. The van der Waals surface area contributed by atoms with Crippen LogP contribution in [0.4, 0.5) is 0 Å². The third kappa shape index (κ3) is 1.96. The van der Waals surface area contributed by atoms with E-state index in [9.17, 15) is 4.79 Å². The molecule has 1 fully saturated rings. The van der Waals surface area contributed by atoms with Crippen LogP contribution in [0.3, 0.4) is 0 Å². The molecule has 16 heavy (non-hydrogen) atoms. The molecular formula is C12H15NO3. The number of amides is 1. The lowest BCUT2D eigenvalue weighted by Gasteiger charge is -2.12. The Bertz CT molecular complexity index is 403. The van der Waals surface area contributed by atoms with Crippen molar-refractivity contribution in [2.45, 2.75) is 12.3 Å². The summed E-state index contributed by atoms with van der Waals surface area (Å²) < 4.78 is 10.4. The molecule has 0 unspecified atom stereocenters. The molecule has 1 heterocycles. The van der Waals surface area contributed by atoms with Crippen LogP contribution >= 0.6 is 0 Å². The molecule has 0 saturated carbocycles. The predicted octanol–water partition coefficient (Wildman–Crippen LogP) is 1.31. The molecule has 86 valence electrons. The number of rotatable bonds is 3. The third-order valence-corrected chi connectivity index (χ3v) is 2.86. The van der Waals surface area contributed by atoms with Crippen LogP contribution < -0.4 is 14.8 Å². The summed E-state index contributed by atoms with van der Waals surface area (Å²) in [6, 6.07) is 5.78. The minimum atomic E-state index is 0.111. The Morgan fingerprint density at radius 1 is 1.25 bits per heavy atom. The normalized spacial score (nSPS) is 19.4. The van der Waals surface area contributed by atoms with Gasteiger partial charge in [0.15, 0.2) is 11.5 Å². The monoisotopic (exact) mass is 221 g/mol. The molecule has 0 radical (unpaired) electrons. The minimum absolute atomic E-state index is 0.111. The van der Waals surface area contributed by atoms with Gasteiger partial charge in [-0.2, -0.15) is 0 Å². The van der Waals surface area contributed by atoms with Crippen LogP contribution in [0, 0.1) is 0 Å². The molecule has 0 spiro atoms. The smallest absolute Gasteiger partial charge is 0.220 e. The van der Waals surface area contributed by atoms with Gasteiger partial charge in [-0.05, 0) is 17.7 Å². The standard InChI is InChI=1S/C12H15NO3/c1-15-10-4-3-8(5-11(10)16-2)9-6-12(14)13-7-9/h3-5,9H,6-7H2,1-2H3,(H,13,14)/t9-/m1/s1. The highest BCUT2D eigenvalue weighted by Crippen LogP contribution is 2.32. The lowest BCUT2D eigenvalue weighted by Crippen LogP contribution is -2.13. The van der Waals surface area contributed by atoms with Gasteiger partial charge in [-0.3, -0.25) is 4.79 Å². The van der Waals surface area contributed by atoms with Crippen molar-refractivity contribution < 1.29 is 14.3 Å². The minimum Gasteiger partial charge on any atom is -0.493 e. The summed E-state index contributed by atoms with van der Waals surface area (Å²) in [5, 5.41) is 2.82. The van der Waals surface area contributed by atoms with Crippen molar-refractivity contribution in [3.05, 3.63) is 23.8 Å². The fourth-order valence-corrected chi connectivity index (χ4v) is 1.95. The van der Waals surface area contributed by atoms with Crippen molar-refractivity contribution in [1.29, 1.82) is 0 Å². The van der Waals surface area contributed by atoms with Gasteiger partial charge in [0, 0.05) is 18.9 Å². The molecule has 1 atom stereocenters. The maximum absolute atomic E-state index is 11.1. The Labute approximate surface area is 94.6 Å². The highest BCUT2D eigenvalue weighted by molar-refractivity contribution is 5.79. The molecule has 0 aromatic heterocycles. The number of hydrogen-bond acceptors (Lipinski definition) is 3. The van der Waals surface area contributed by atoms with Crippen LogP contribution in [0.25, 0.3) is 0 Å². The molecule has 1 N–H and O–H groups in total. The zero-order valence-electron chi connectivity index (χ0n) is 9.45. The van der Waals surface area contributed by atoms with Gasteiger partial charge in [-0.1, -0.05) is 6.07 Å². The van der Waals surface area contributed by atoms with E-state index in [2.05, 4.69) is 5.32 Å². The number of carbonyl (C=O) groups excluding carboxylic acids is 1. The highest BCUT2D eigenvalue weighted by atomic mass is 16.5. The van der Waals surface area contributed by atoms with Gasteiger partial charge in [-0.15, -0.1) is 0 Å². The molecule has 4 nitrogen and oxygen atoms in total. The third-order valence-electron chi connectivity index (χ3n) is 2.86. The first-order chi connectivity index (χ1) is 7.74. The van der Waals surface area contributed by atoms with Crippen molar-refractivity contribution in [2.75, 3.05) is 20.8 Å². The molecule has 1 amide bonds. The van der Waals surface area contributed by atoms with Crippen molar-refractivity contribution in [3.8, 4) is 11.5 Å². The molecule has 0 bridgehead atoms. The van der Waals surface area contributed by atoms with Crippen molar-refractivity contribution in [3.63, 3.8) is 0 Å². The summed E-state index contributed by atoms with van der Waals surface area (Å²) >= 11 is 0. The SMILES string of the molecule is COc1ccc([C@H]2CNC(=O)C2)cc1OC. The molecule has 1 aromatic rings. The average Bonchev–Trinajstić information content (AvgIpc) is 2.75. The number of nitrogens with one attached hydrogen (secondary N) is 1. The molecule has 4 heteroatoms. The second kappa shape index (κ2) is 4.43. The summed E-state index contributed by atoms with van der Waals surface area (Å²) in [5.41, 5.74) is 1.11. The van der Waals surface area contributed by atoms with Gasteiger partial charge in [-0.25, -0.2) is 0 Å². The van der Waals surface area contributed by atoms with Crippen molar-refractivity contribution in [2.24, 2.45) is 0 Å². The summed E-state index contributed by atoms with van der Waals surface area (Å²) in [6.07, 6.45) is 0.551. The summed E-state index contributed by atoms with van der Waals surface area (Å²) in [4.78, 5) is 11.1. The topological polar surface area (TPSA) is 47.6 Å². The van der Waals surface area contributed by atoms with E-state index in [1.54, 1.807) is 14.2 Å². The van der Waals surface area contributed by atoms with Crippen LogP contribution in [-0.2, 0) is 4.79 Å². The summed E-state index contributed by atoms with van der Waals surface area (Å²) in [7, 11) is 3.22. The summed E-state index contributed by atoms with van der Waals surface area (Å²) in [5.74, 6) is 1.77. The van der Waals surface area contributed by atoms with Gasteiger partial charge in [0.05, 0.1) is 14.2 Å². The average molecular weight is 221 g/mol. The number of benzene rings is 1. The molecule has 1 aliphatic heterocycles. The number of carbonyl (C=O) groups is 1. The Balaban J connectivity index is 2.25. The van der Waals surface area contributed by atoms with Gasteiger partial charge in [0.1, 0.15) is 0 Å². The van der Waals surface area contributed by atoms with Crippen LogP contribution in [0.15, 0.2) is 18.2 Å². The second-order valence-corrected chi connectivity index (χ2v) is 3.82. The Kier molecular flexibility index (Phi) is 2.99. The van der Waals surface area contributed by atoms with Crippen molar-refractivity contribution >= 4 is 5.91 Å². The van der Waals surface area contributed by atoms with Crippen molar-refractivity contribution in [1.82, 2.24) is 5.32 Å².